The molecule has 1 aromatic carbocycles. The van der Waals surface area contributed by atoms with E-state index in [-0.39, 0.29) is 11.3 Å². The third-order valence-corrected chi connectivity index (χ3v) is 2.02. The van der Waals surface area contributed by atoms with E-state index in [1.807, 2.05) is 0 Å². The zero-order valence-electron chi connectivity index (χ0n) is 8.71. The van der Waals surface area contributed by atoms with Crippen molar-refractivity contribution in [3.8, 4) is 17.2 Å². The molecule has 0 saturated heterocycles. The molecule has 0 aliphatic heterocycles. The van der Waals surface area contributed by atoms with Gasteiger partial charge in [0.2, 0.25) is 11.5 Å². The average Bonchev–Trinajstić information content (AvgIpc) is 2.21. The molecule has 7 heteroatoms. The van der Waals surface area contributed by atoms with Gasteiger partial charge in [0, 0.05) is 6.42 Å². The van der Waals surface area contributed by atoms with Crippen LogP contribution in [0, 0.1) is 0 Å². The van der Waals surface area contributed by atoms with Crippen molar-refractivity contribution in [3.05, 3.63) is 17.7 Å². The number of ether oxygens (including phenoxy) is 1. The first-order valence-corrected chi connectivity index (χ1v) is 4.44. The summed E-state index contributed by atoms with van der Waals surface area (Å²) in [4.78, 5) is 10.7. The predicted octanol–water partition coefficient (Wildman–Crippen LogP) is 1.78. The molecule has 0 aliphatic carbocycles. The topological polar surface area (TPSA) is 66.8 Å². The fraction of sp³-hybridized carbons (Fsp3) is 0.300. The van der Waals surface area contributed by atoms with Gasteiger partial charge in [-0.05, 0) is 17.7 Å². The molecule has 0 unspecified atom stereocenters. The number of hydrogen-bond donors (Lipinski definition) is 2. The molecule has 0 heterocycles. The largest absolute Gasteiger partial charge is 0.504 e. The molecule has 0 bridgehead atoms. The van der Waals surface area contributed by atoms with Crippen molar-refractivity contribution in [2.24, 2.45) is 0 Å². The summed E-state index contributed by atoms with van der Waals surface area (Å²) in [6.45, 7) is 0. The van der Waals surface area contributed by atoms with E-state index in [4.69, 9.17) is 0 Å². The molecular formula is C10H9F3O4. The Kier molecular flexibility index (Phi) is 3.50. The summed E-state index contributed by atoms with van der Waals surface area (Å²) in [7, 11) is 1.17. The SMILES string of the molecule is COc1cc(CC(=O)C(F)(F)F)cc(O)c1O. The number of Topliss-reactive ketones (excluding diaryl/α,β-unsaturated/α-hetero) is 1. The lowest BCUT2D eigenvalue weighted by Gasteiger charge is -2.09. The first-order chi connectivity index (χ1) is 7.75. The quantitative estimate of drug-likeness (QED) is 0.802. The summed E-state index contributed by atoms with van der Waals surface area (Å²) in [6, 6.07) is 1.93. The number of halogens is 3. The van der Waals surface area contributed by atoms with Crippen LogP contribution in [0.2, 0.25) is 0 Å². The summed E-state index contributed by atoms with van der Waals surface area (Å²) >= 11 is 0. The second-order valence-corrected chi connectivity index (χ2v) is 3.26. The number of carbonyl (C=O) groups excluding carboxylic acids is 1. The number of methoxy groups -OCH3 is 1. The van der Waals surface area contributed by atoms with Crippen LogP contribution >= 0.6 is 0 Å². The molecule has 0 aliphatic rings. The molecule has 1 rings (SSSR count). The van der Waals surface area contributed by atoms with Gasteiger partial charge in [-0.25, -0.2) is 0 Å². The Morgan fingerprint density at radius 2 is 1.94 bits per heavy atom. The minimum atomic E-state index is -4.93. The van der Waals surface area contributed by atoms with E-state index >= 15 is 0 Å². The predicted molar refractivity (Wildman–Crippen MR) is 51.1 cm³/mol. The molecule has 0 radical (unpaired) electrons. The standard InChI is InChI=1S/C10H9F3O4/c1-17-7-3-5(2-6(14)9(7)16)4-8(15)10(11,12)13/h2-3,14,16H,4H2,1H3. The lowest BCUT2D eigenvalue weighted by molar-refractivity contribution is -0.170. The molecule has 1 aromatic rings. The van der Waals surface area contributed by atoms with Gasteiger partial charge < -0.3 is 14.9 Å². The van der Waals surface area contributed by atoms with E-state index in [1.165, 1.54) is 7.11 Å². The molecule has 0 spiro atoms. The molecule has 0 amide bonds. The molecule has 0 saturated carbocycles. The van der Waals surface area contributed by atoms with Crippen LogP contribution in [0.15, 0.2) is 12.1 Å². The van der Waals surface area contributed by atoms with Crippen LogP contribution in [0.25, 0.3) is 0 Å². The van der Waals surface area contributed by atoms with Crippen molar-refractivity contribution >= 4 is 5.78 Å². The molecule has 2 N–H and O–H groups in total. The Morgan fingerprint density at radius 3 is 2.41 bits per heavy atom. The second-order valence-electron chi connectivity index (χ2n) is 3.26. The summed E-state index contributed by atoms with van der Waals surface area (Å²) in [5.74, 6) is -3.37. The molecule has 0 atom stereocenters. The van der Waals surface area contributed by atoms with E-state index in [9.17, 15) is 28.2 Å². The summed E-state index contributed by atoms with van der Waals surface area (Å²) in [5, 5.41) is 18.4. The minimum Gasteiger partial charge on any atom is -0.504 e. The Hall–Kier alpha value is -1.92. The average molecular weight is 250 g/mol. The van der Waals surface area contributed by atoms with Crippen LogP contribution in [-0.2, 0) is 11.2 Å². The summed E-state index contributed by atoms with van der Waals surface area (Å²) in [6.07, 6.45) is -5.85. The Bertz CT molecular complexity index is 440. The lowest BCUT2D eigenvalue weighted by atomic mass is 10.1. The third-order valence-electron chi connectivity index (χ3n) is 2.02. The number of carbonyl (C=O) groups is 1. The number of hydrogen-bond acceptors (Lipinski definition) is 4. The highest BCUT2D eigenvalue weighted by atomic mass is 19.4. The van der Waals surface area contributed by atoms with Crippen LogP contribution in [0.4, 0.5) is 13.2 Å². The number of rotatable bonds is 3. The van der Waals surface area contributed by atoms with E-state index < -0.39 is 29.9 Å². The van der Waals surface area contributed by atoms with Crippen molar-refractivity contribution in [1.29, 1.82) is 0 Å². The maximum atomic E-state index is 12.0. The lowest BCUT2D eigenvalue weighted by Crippen LogP contribution is -2.24. The van der Waals surface area contributed by atoms with E-state index in [2.05, 4.69) is 4.74 Å². The number of phenolic OH excluding ortho intramolecular Hbond substituents is 2. The van der Waals surface area contributed by atoms with E-state index in [1.54, 1.807) is 0 Å². The highest BCUT2D eigenvalue weighted by molar-refractivity contribution is 5.86. The van der Waals surface area contributed by atoms with Gasteiger partial charge in [-0.3, -0.25) is 4.79 Å². The molecule has 17 heavy (non-hydrogen) atoms. The van der Waals surface area contributed by atoms with Gasteiger partial charge >= 0.3 is 6.18 Å². The molecule has 0 fully saturated rings. The van der Waals surface area contributed by atoms with Crippen LogP contribution in [0.5, 0.6) is 17.2 Å². The van der Waals surface area contributed by atoms with Crippen LogP contribution in [-0.4, -0.2) is 29.3 Å². The van der Waals surface area contributed by atoms with Crippen molar-refractivity contribution in [1.82, 2.24) is 0 Å². The fourth-order valence-corrected chi connectivity index (χ4v) is 1.19. The molecular weight excluding hydrogens is 241 g/mol. The normalized spacial score (nSPS) is 11.3. The van der Waals surface area contributed by atoms with Gasteiger partial charge in [-0.1, -0.05) is 0 Å². The first-order valence-electron chi connectivity index (χ1n) is 4.44. The van der Waals surface area contributed by atoms with Gasteiger partial charge in [0.05, 0.1) is 7.11 Å². The van der Waals surface area contributed by atoms with Crippen molar-refractivity contribution in [2.45, 2.75) is 12.6 Å². The van der Waals surface area contributed by atoms with E-state index in [0.717, 1.165) is 12.1 Å². The maximum Gasteiger partial charge on any atom is 0.450 e. The zero-order valence-corrected chi connectivity index (χ0v) is 8.71. The third kappa shape index (κ3) is 3.02. The highest BCUT2D eigenvalue weighted by Gasteiger charge is 2.37. The number of benzene rings is 1. The molecule has 4 nitrogen and oxygen atoms in total. The summed E-state index contributed by atoms with van der Waals surface area (Å²) in [5.41, 5.74) is -0.0977. The van der Waals surface area contributed by atoms with Gasteiger partial charge in [0.25, 0.3) is 0 Å². The number of phenols is 2. The van der Waals surface area contributed by atoms with Gasteiger partial charge in [-0.15, -0.1) is 0 Å². The fourth-order valence-electron chi connectivity index (χ4n) is 1.19. The van der Waals surface area contributed by atoms with Gasteiger partial charge in [-0.2, -0.15) is 13.2 Å². The number of aromatic hydroxyl groups is 2. The van der Waals surface area contributed by atoms with Gasteiger partial charge in [0.15, 0.2) is 11.5 Å². The molecule has 94 valence electrons. The van der Waals surface area contributed by atoms with Crippen LogP contribution in [0.1, 0.15) is 5.56 Å². The first kappa shape index (κ1) is 13.1. The minimum absolute atomic E-state index is 0.0977. The second kappa shape index (κ2) is 4.52. The van der Waals surface area contributed by atoms with Crippen molar-refractivity contribution in [2.75, 3.05) is 7.11 Å². The summed E-state index contributed by atoms with van der Waals surface area (Å²) < 4.78 is 40.6. The maximum absolute atomic E-state index is 12.0. The Balaban J connectivity index is 3.01. The monoisotopic (exact) mass is 250 g/mol. The zero-order chi connectivity index (χ0) is 13.2. The smallest absolute Gasteiger partial charge is 0.450 e. The Labute approximate surface area is 94.3 Å². The highest BCUT2D eigenvalue weighted by Crippen LogP contribution is 2.36. The number of ketones is 1. The Morgan fingerprint density at radius 1 is 1.35 bits per heavy atom. The van der Waals surface area contributed by atoms with Crippen molar-refractivity contribution < 1.29 is 32.9 Å². The van der Waals surface area contributed by atoms with Crippen LogP contribution < -0.4 is 4.74 Å². The van der Waals surface area contributed by atoms with Crippen LogP contribution in [0.3, 0.4) is 0 Å². The number of alkyl halides is 3. The van der Waals surface area contributed by atoms with E-state index in [0.29, 0.717) is 0 Å². The van der Waals surface area contributed by atoms with Crippen molar-refractivity contribution in [3.63, 3.8) is 0 Å². The molecule has 0 aromatic heterocycles. The van der Waals surface area contributed by atoms with Gasteiger partial charge in [0.1, 0.15) is 0 Å².